The second-order valence-corrected chi connectivity index (χ2v) is 6.39. The van der Waals surface area contributed by atoms with Gasteiger partial charge in [0.1, 0.15) is 5.82 Å². The second kappa shape index (κ2) is 6.92. The predicted octanol–water partition coefficient (Wildman–Crippen LogP) is -0.262. The van der Waals surface area contributed by atoms with Crippen molar-refractivity contribution in [3.63, 3.8) is 0 Å². The SMILES string of the molecule is CNC(=O)[C@@H]1C[C@H](N)CN1CC1CNNC1c1ccc(F)cc1. The van der Waals surface area contributed by atoms with Gasteiger partial charge in [-0.1, -0.05) is 12.1 Å². The average Bonchev–Trinajstić information content (AvgIpc) is 3.14. The molecule has 4 atom stereocenters. The lowest BCUT2D eigenvalue weighted by atomic mass is 9.94. The van der Waals surface area contributed by atoms with E-state index >= 15 is 0 Å². The molecular formula is C16H24FN5O. The maximum absolute atomic E-state index is 13.1. The van der Waals surface area contributed by atoms with Crippen LogP contribution < -0.4 is 21.9 Å². The van der Waals surface area contributed by atoms with E-state index in [-0.39, 0.29) is 35.8 Å². The van der Waals surface area contributed by atoms with Crippen LogP contribution >= 0.6 is 0 Å². The molecule has 126 valence electrons. The molecule has 0 saturated carbocycles. The van der Waals surface area contributed by atoms with E-state index in [1.165, 1.54) is 12.1 Å². The molecule has 1 aromatic rings. The highest BCUT2D eigenvalue weighted by molar-refractivity contribution is 5.81. The number of rotatable bonds is 4. The van der Waals surface area contributed by atoms with E-state index in [0.29, 0.717) is 6.42 Å². The first-order chi connectivity index (χ1) is 11.1. The first kappa shape index (κ1) is 16.3. The highest BCUT2D eigenvalue weighted by Gasteiger charge is 2.38. The van der Waals surface area contributed by atoms with E-state index in [9.17, 15) is 9.18 Å². The Balaban J connectivity index is 1.70. The smallest absolute Gasteiger partial charge is 0.237 e. The molecule has 0 aliphatic carbocycles. The van der Waals surface area contributed by atoms with Crippen molar-refractivity contribution >= 4 is 5.91 Å². The van der Waals surface area contributed by atoms with Crippen LogP contribution in [0.5, 0.6) is 0 Å². The number of hydrogen-bond donors (Lipinski definition) is 4. The molecule has 1 aromatic carbocycles. The molecule has 0 aromatic heterocycles. The van der Waals surface area contributed by atoms with Gasteiger partial charge in [-0.25, -0.2) is 9.82 Å². The molecule has 0 bridgehead atoms. The lowest BCUT2D eigenvalue weighted by Crippen LogP contribution is -2.44. The van der Waals surface area contributed by atoms with E-state index in [1.54, 1.807) is 19.2 Å². The zero-order chi connectivity index (χ0) is 16.4. The van der Waals surface area contributed by atoms with Crippen LogP contribution in [0.4, 0.5) is 4.39 Å². The maximum atomic E-state index is 13.1. The number of nitrogens with one attached hydrogen (secondary N) is 3. The van der Waals surface area contributed by atoms with Gasteiger partial charge in [0.05, 0.1) is 12.1 Å². The summed E-state index contributed by atoms with van der Waals surface area (Å²) in [5.41, 5.74) is 13.5. The van der Waals surface area contributed by atoms with Gasteiger partial charge in [0.2, 0.25) is 5.91 Å². The molecule has 2 saturated heterocycles. The van der Waals surface area contributed by atoms with E-state index in [0.717, 1.165) is 25.2 Å². The largest absolute Gasteiger partial charge is 0.358 e. The van der Waals surface area contributed by atoms with Crippen molar-refractivity contribution in [1.29, 1.82) is 0 Å². The van der Waals surface area contributed by atoms with Crippen LogP contribution in [0, 0.1) is 11.7 Å². The van der Waals surface area contributed by atoms with Crippen molar-refractivity contribution in [3.05, 3.63) is 35.6 Å². The Morgan fingerprint density at radius 2 is 2.17 bits per heavy atom. The topological polar surface area (TPSA) is 82.4 Å². The molecule has 1 amide bonds. The zero-order valence-corrected chi connectivity index (χ0v) is 13.3. The van der Waals surface area contributed by atoms with Gasteiger partial charge in [0.15, 0.2) is 0 Å². The number of hydrazine groups is 1. The van der Waals surface area contributed by atoms with Gasteiger partial charge in [-0.05, 0) is 24.1 Å². The average molecular weight is 321 g/mol. The van der Waals surface area contributed by atoms with Gasteiger partial charge in [0.25, 0.3) is 0 Å². The molecule has 2 fully saturated rings. The molecule has 0 spiro atoms. The Kier molecular flexibility index (Phi) is 4.91. The van der Waals surface area contributed by atoms with Crippen molar-refractivity contribution in [2.75, 3.05) is 26.7 Å². The second-order valence-electron chi connectivity index (χ2n) is 6.39. The van der Waals surface area contributed by atoms with Crippen LogP contribution in [-0.4, -0.2) is 49.6 Å². The molecule has 3 rings (SSSR count). The summed E-state index contributed by atoms with van der Waals surface area (Å²) in [5.74, 6) is 0.0783. The number of halogens is 1. The van der Waals surface area contributed by atoms with Gasteiger partial charge < -0.3 is 11.1 Å². The zero-order valence-electron chi connectivity index (χ0n) is 13.3. The highest BCUT2D eigenvalue weighted by atomic mass is 19.1. The summed E-state index contributed by atoms with van der Waals surface area (Å²) < 4.78 is 13.1. The third-order valence-corrected chi connectivity index (χ3v) is 4.78. The van der Waals surface area contributed by atoms with Crippen molar-refractivity contribution in [3.8, 4) is 0 Å². The van der Waals surface area contributed by atoms with E-state index in [1.807, 2.05) is 0 Å². The fraction of sp³-hybridized carbons (Fsp3) is 0.562. The van der Waals surface area contributed by atoms with Gasteiger partial charge in [0, 0.05) is 38.6 Å². The quantitative estimate of drug-likeness (QED) is 0.614. The third-order valence-electron chi connectivity index (χ3n) is 4.78. The summed E-state index contributed by atoms with van der Waals surface area (Å²) in [6.07, 6.45) is 0.689. The number of benzene rings is 1. The Bertz CT molecular complexity index is 552. The van der Waals surface area contributed by atoms with Crippen LogP contribution in [0.2, 0.25) is 0 Å². The number of likely N-dealkylation sites (N-methyl/N-ethyl adjacent to an activating group) is 1. The van der Waals surface area contributed by atoms with Crippen LogP contribution in [-0.2, 0) is 4.79 Å². The monoisotopic (exact) mass is 321 g/mol. The summed E-state index contributed by atoms with van der Waals surface area (Å²) in [6, 6.07) is 6.53. The molecule has 2 heterocycles. The summed E-state index contributed by atoms with van der Waals surface area (Å²) >= 11 is 0. The number of nitrogens with zero attached hydrogens (tertiary/aromatic N) is 1. The van der Waals surface area contributed by atoms with Crippen LogP contribution in [0.1, 0.15) is 18.0 Å². The molecule has 23 heavy (non-hydrogen) atoms. The van der Waals surface area contributed by atoms with E-state index in [4.69, 9.17) is 5.73 Å². The molecule has 0 radical (unpaired) electrons. The Morgan fingerprint density at radius 3 is 2.87 bits per heavy atom. The minimum atomic E-state index is -0.235. The van der Waals surface area contributed by atoms with Gasteiger partial charge >= 0.3 is 0 Å². The Morgan fingerprint density at radius 1 is 1.43 bits per heavy atom. The number of nitrogens with two attached hydrogens (primary N) is 1. The van der Waals surface area contributed by atoms with Gasteiger partial charge in [-0.15, -0.1) is 0 Å². The van der Waals surface area contributed by atoms with Crippen LogP contribution in [0.25, 0.3) is 0 Å². The lowest BCUT2D eigenvalue weighted by Gasteiger charge is -2.28. The molecular weight excluding hydrogens is 297 g/mol. The lowest BCUT2D eigenvalue weighted by molar-refractivity contribution is -0.125. The summed E-state index contributed by atoms with van der Waals surface area (Å²) in [7, 11) is 1.66. The molecule has 2 aliphatic heterocycles. The molecule has 2 unspecified atom stereocenters. The van der Waals surface area contributed by atoms with Crippen molar-refractivity contribution < 1.29 is 9.18 Å². The normalized spacial score (nSPS) is 31.4. The van der Waals surface area contributed by atoms with E-state index in [2.05, 4.69) is 21.1 Å². The molecule has 6 nitrogen and oxygen atoms in total. The maximum Gasteiger partial charge on any atom is 0.237 e. The fourth-order valence-electron chi connectivity index (χ4n) is 3.61. The number of hydrogen-bond acceptors (Lipinski definition) is 5. The van der Waals surface area contributed by atoms with E-state index < -0.39 is 0 Å². The minimum Gasteiger partial charge on any atom is -0.358 e. The number of carbonyl (C=O) groups excluding carboxylic acids is 1. The van der Waals surface area contributed by atoms with Crippen LogP contribution in [0.3, 0.4) is 0 Å². The number of amides is 1. The molecule has 2 aliphatic rings. The van der Waals surface area contributed by atoms with Crippen molar-refractivity contribution in [2.24, 2.45) is 11.7 Å². The van der Waals surface area contributed by atoms with Crippen molar-refractivity contribution in [1.82, 2.24) is 21.1 Å². The van der Waals surface area contributed by atoms with Gasteiger partial charge in [-0.2, -0.15) is 0 Å². The standard InChI is InChI=1S/C16H24FN5O/c1-19-16(23)14-6-13(18)9-22(14)8-11-7-20-21-15(11)10-2-4-12(17)5-3-10/h2-5,11,13-15,20-21H,6-9,18H2,1H3,(H,19,23)/t11?,13-,14-,15?/m0/s1. The van der Waals surface area contributed by atoms with Crippen LogP contribution in [0.15, 0.2) is 24.3 Å². The predicted molar refractivity (Wildman–Crippen MR) is 85.8 cm³/mol. The van der Waals surface area contributed by atoms with Crippen molar-refractivity contribution in [2.45, 2.75) is 24.5 Å². The Labute approximate surface area is 135 Å². The highest BCUT2D eigenvalue weighted by Crippen LogP contribution is 2.28. The summed E-state index contributed by atoms with van der Waals surface area (Å²) in [5, 5.41) is 2.72. The number of carbonyl (C=O) groups is 1. The first-order valence-electron chi connectivity index (χ1n) is 8.03. The fourth-order valence-corrected chi connectivity index (χ4v) is 3.61. The minimum absolute atomic E-state index is 0.0233. The Hall–Kier alpha value is -1.54. The summed E-state index contributed by atoms with van der Waals surface area (Å²) in [4.78, 5) is 14.2. The first-order valence-corrected chi connectivity index (χ1v) is 8.03. The molecule has 5 N–H and O–H groups in total. The third kappa shape index (κ3) is 3.53. The van der Waals surface area contributed by atoms with Gasteiger partial charge in [-0.3, -0.25) is 15.1 Å². The number of likely N-dealkylation sites (tertiary alicyclic amines) is 1. The molecule has 7 heteroatoms. The summed E-state index contributed by atoms with van der Waals surface area (Å²) in [6.45, 7) is 2.30.